The molecule has 0 aliphatic carbocycles. The number of hydrogen-bond donors (Lipinski definition) is 0. The van der Waals surface area contributed by atoms with Gasteiger partial charge in [0.25, 0.3) is 6.43 Å². The van der Waals surface area contributed by atoms with Gasteiger partial charge in [0.15, 0.2) is 11.5 Å². The van der Waals surface area contributed by atoms with E-state index in [0.717, 1.165) is 0 Å². The Hall–Kier alpha value is -1.11. The van der Waals surface area contributed by atoms with E-state index in [1.807, 2.05) is 0 Å². The predicted octanol–water partition coefficient (Wildman–Crippen LogP) is 3.23. The van der Waals surface area contributed by atoms with Gasteiger partial charge in [0.2, 0.25) is 0 Å². The van der Waals surface area contributed by atoms with Gasteiger partial charge in [-0.15, -0.1) is 0 Å². The largest absolute Gasteiger partial charge is 0.461 e. The highest BCUT2D eigenvalue weighted by molar-refractivity contribution is 9.08. The summed E-state index contributed by atoms with van der Waals surface area (Å²) in [6.45, 7) is 1.61. The average molecular weight is 312 g/mol. The van der Waals surface area contributed by atoms with Gasteiger partial charge < -0.3 is 4.74 Å². The summed E-state index contributed by atoms with van der Waals surface area (Å²) < 4.78 is 43.0. The average Bonchev–Trinajstić information content (AvgIpc) is 2.28. The molecule has 0 radical (unpaired) electrons. The maximum absolute atomic E-state index is 13.4. The lowest BCUT2D eigenvalue weighted by Crippen LogP contribution is -2.12. The molecule has 0 saturated carbocycles. The third kappa shape index (κ3) is 3.18. The maximum Gasteiger partial charge on any atom is 0.360 e. The van der Waals surface area contributed by atoms with Crippen LogP contribution >= 0.6 is 15.9 Å². The fraction of sp³-hybridized carbons (Fsp3) is 0.400. The monoisotopic (exact) mass is 311 g/mol. The number of pyridine rings is 1. The minimum atomic E-state index is -2.85. The summed E-state index contributed by atoms with van der Waals surface area (Å²) in [5, 5.41) is -0.000637. The molecule has 1 heterocycles. The van der Waals surface area contributed by atoms with Gasteiger partial charge >= 0.3 is 5.97 Å². The number of nitrogens with zero attached hydrogens (tertiary/aromatic N) is 1. The molecular formula is C10H9BrF3NO2. The van der Waals surface area contributed by atoms with Gasteiger partial charge in [0, 0.05) is 10.9 Å². The lowest BCUT2D eigenvalue weighted by Gasteiger charge is -2.09. The van der Waals surface area contributed by atoms with Gasteiger partial charge in [-0.2, -0.15) is 0 Å². The highest BCUT2D eigenvalue weighted by Gasteiger charge is 2.22. The van der Waals surface area contributed by atoms with Crippen LogP contribution in [0.1, 0.15) is 35.1 Å². The number of alkyl halides is 3. The molecule has 0 aromatic carbocycles. The standard InChI is InChI=1S/C10H9BrF3NO2/c1-2-17-10(16)8-6(12)3-5(9(13)14)7(4-11)15-8/h3,9H,2,4H2,1H3. The van der Waals surface area contributed by atoms with Gasteiger partial charge in [-0.05, 0) is 13.0 Å². The van der Waals surface area contributed by atoms with Gasteiger partial charge in [0.05, 0.1) is 12.3 Å². The highest BCUT2D eigenvalue weighted by atomic mass is 79.9. The van der Waals surface area contributed by atoms with Gasteiger partial charge in [0.1, 0.15) is 0 Å². The van der Waals surface area contributed by atoms with Crippen LogP contribution in [-0.4, -0.2) is 17.6 Å². The van der Waals surface area contributed by atoms with E-state index in [1.54, 1.807) is 6.92 Å². The summed E-state index contributed by atoms with van der Waals surface area (Å²) in [4.78, 5) is 14.8. The second-order valence-electron chi connectivity index (χ2n) is 3.01. The molecule has 0 N–H and O–H groups in total. The number of ether oxygens (including phenoxy) is 1. The molecule has 0 aliphatic rings. The molecule has 0 atom stereocenters. The van der Waals surface area contributed by atoms with Crippen molar-refractivity contribution in [2.45, 2.75) is 18.7 Å². The predicted molar refractivity (Wildman–Crippen MR) is 57.7 cm³/mol. The summed E-state index contributed by atoms with van der Waals surface area (Å²) in [7, 11) is 0. The summed E-state index contributed by atoms with van der Waals surface area (Å²) in [6, 6.07) is 0.612. The normalized spacial score (nSPS) is 10.7. The molecule has 94 valence electrons. The Morgan fingerprint density at radius 2 is 2.24 bits per heavy atom. The smallest absolute Gasteiger partial charge is 0.360 e. The summed E-state index contributed by atoms with van der Waals surface area (Å²) >= 11 is 2.95. The molecule has 1 aromatic heterocycles. The number of carbonyl (C=O) groups excluding carboxylic acids is 1. The Morgan fingerprint density at radius 3 is 2.71 bits per heavy atom. The van der Waals surface area contributed by atoms with Crippen molar-refractivity contribution in [1.29, 1.82) is 0 Å². The van der Waals surface area contributed by atoms with E-state index in [9.17, 15) is 18.0 Å². The minimum Gasteiger partial charge on any atom is -0.461 e. The van der Waals surface area contributed by atoms with Crippen LogP contribution in [0.5, 0.6) is 0 Å². The van der Waals surface area contributed by atoms with Crippen LogP contribution in [0, 0.1) is 5.82 Å². The molecular weight excluding hydrogens is 303 g/mol. The van der Waals surface area contributed by atoms with Gasteiger partial charge in [-0.1, -0.05) is 15.9 Å². The van der Waals surface area contributed by atoms with Crippen molar-refractivity contribution in [3.8, 4) is 0 Å². The van der Waals surface area contributed by atoms with Crippen molar-refractivity contribution >= 4 is 21.9 Å². The Kier molecular flexibility index (Phi) is 4.92. The van der Waals surface area contributed by atoms with E-state index in [0.29, 0.717) is 6.07 Å². The van der Waals surface area contributed by atoms with Crippen LogP contribution in [-0.2, 0) is 10.1 Å². The number of carbonyl (C=O) groups is 1. The van der Waals surface area contributed by atoms with E-state index >= 15 is 0 Å². The van der Waals surface area contributed by atoms with Crippen molar-refractivity contribution < 1.29 is 22.7 Å². The Morgan fingerprint density at radius 1 is 1.59 bits per heavy atom. The first-order valence-electron chi connectivity index (χ1n) is 4.71. The molecule has 3 nitrogen and oxygen atoms in total. The van der Waals surface area contributed by atoms with Crippen molar-refractivity contribution in [2.75, 3.05) is 6.61 Å². The number of esters is 1. The van der Waals surface area contributed by atoms with Crippen LogP contribution < -0.4 is 0 Å². The van der Waals surface area contributed by atoms with E-state index in [2.05, 4.69) is 25.7 Å². The second-order valence-corrected chi connectivity index (χ2v) is 3.57. The van der Waals surface area contributed by atoms with Gasteiger partial charge in [-0.25, -0.2) is 22.9 Å². The van der Waals surface area contributed by atoms with E-state index in [4.69, 9.17) is 0 Å². The molecule has 0 bridgehead atoms. The molecule has 17 heavy (non-hydrogen) atoms. The lowest BCUT2D eigenvalue weighted by molar-refractivity contribution is 0.0512. The molecule has 0 saturated heterocycles. The zero-order valence-corrected chi connectivity index (χ0v) is 10.4. The van der Waals surface area contributed by atoms with E-state index in [-0.39, 0.29) is 17.6 Å². The fourth-order valence-electron chi connectivity index (χ4n) is 1.18. The van der Waals surface area contributed by atoms with E-state index in [1.165, 1.54) is 0 Å². The first-order valence-corrected chi connectivity index (χ1v) is 5.83. The molecule has 0 amide bonds. The molecule has 0 unspecified atom stereocenters. The summed E-state index contributed by atoms with van der Waals surface area (Å²) in [5.74, 6) is -2.07. The highest BCUT2D eigenvalue weighted by Crippen LogP contribution is 2.25. The van der Waals surface area contributed by atoms with Crippen molar-refractivity contribution in [3.63, 3.8) is 0 Å². The number of hydrogen-bond acceptors (Lipinski definition) is 3. The lowest BCUT2D eigenvalue weighted by atomic mass is 10.2. The van der Waals surface area contributed by atoms with Crippen LogP contribution in [0.2, 0.25) is 0 Å². The zero-order chi connectivity index (χ0) is 13.0. The molecule has 1 aromatic rings. The topological polar surface area (TPSA) is 39.2 Å². The molecule has 0 spiro atoms. The van der Waals surface area contributed by atoms with Crippen molar-refractivity contribution in [1.82, 2.24) is 4.98 Å². The van der Waals surface area contributed by atoms with Gasteiger partial charge in [-0.3, -0.25) is 0 Å². The summed E-state index contributed by atoms with van der Waals surface area (Å²) in [5.41, 5.74) is -1.19. The minimum absolute atomic E-state index is 0.000637. The van der Waals surface area contributed by atoms with Crippen LogP contribution in [0.25, 0.3) is 0 Å². The number of rotatable bonds is 4. The van der Waals surface area contributed by atoms with E-state index < -0.39 is 29.5 Å². The Balaban J connectivity index is 3.22. The third-order valence-corrected chi connectivity index (χ3v) is 2.45. The molecule has 0 fully saturated rings. The first kappa shape index (κ1) is 14.0. The number of halogens is 4. The Bertz CT molecular complexity index is 426. The Labute approximate surface area is 104 Å². The second kappa shape index (κ2) is 6.00. The zero-order valence-electron chi connectivity index (χ0n) is 8.84. The van der Waals surface area contributed by atoms with Crippen LogP contribution in [0.15, 0.2) is 6.07 Å². The third-order valence-electron chi connectivity index (χ3n) is 1.92. The maximum atomic E-state index is 13.4. The molecule has 0 aliphatic heterocycles. The quantitative estimate of drug-likeness (QED) is 0.633. The summed E-state index contributed by atoms with van der Waals surface area (Å²) in [6.07, 6.45) is -2.85. The SMILES string of the molecule is CCOC(=O)c1nc(CBr)c(C(F)F)cc1F. The number of aromatic nitrogens is 1. The van der Waals surface area contributed by atoms with Crippen LogP contribution in [0.3, 0.4) is 0 Å². The first-order chi connectivity index (χ1) is 8.01. The van der Waals surface area contributed by atoms with Crippen LogP contribution in [0.4, 0.5) is 13.2 Å². The van der Waals surface area contributed by atoms with Crippen molar-refractivity contribution in [3.05, 3.63) is 28.8 Å². The van der Waals surface area contributed by atoms with Crippen molar-refractivity contribution in [2.24, 2.45) is 0 Å². The molecule has 7 heteroatoms. The fourth-order valence-corrected chi connectivity index (χ4v) is 1.63. The molecule has 1 rings (SSSR count).